The van der Waals surface area contributed by atoms with Crippen LogP contribution in [0.1, 0.15) is 52.9 Å². The predicted molar refractivity (Wildman–Crippen MR) is 55.3 cm³/mol. The predicted octanol–water partition coefficient (Wildman–Crippen LogP) is 1.99. The van der Waals surface area contributed by atoms with Crippen molar-refractivity contribution in [2.75, 3.05) is 0 Å². The van der Waals surface area contributed by atoms with Crippen LogP contribution in [-0.2, 0) is 0 Å². The van der Waals surface area contributed by atoms with Crippen molar-refractivity contribution in [1.82, 2.24) is 5.32 Å². The molecule has 2 atom stereocenters. The average molecular weight is 182 g/mol. The third-order valence-electron chi connectivity index (χ3n) is 4.51. The molecule has 2 fully saturated rings. The van der Waals surface area contributed by atoms with Crippen LogP contribution in [0.15, 0.2) is 0 Å². The van der Waals surface area contributed by atoms with Crippen LogP contribution in [0.4, 0.5) is 0 Å². The molecule has 0 aromatic heterocycles. The molecule has 2 heterocycles. The molecule has 2 nitrogen and oxygen atoms in total. The highest BCUT2D eigenvalue weighted by atomic mass is 15.2. The summed E-state index contributed by atoms with van der Waals surface area (Å²) >= 11 is 0. The highest BCUT2D eigenvalue weighted by molar-refractivity contribution is 5.09. The van der Waals surface area contributed by atoms with E-state index in [-0.39, 0.29) is 11.2 Å². The lowest BCUT2D eigenvalue weighted by atomic mass is 9.60. The molecule has 0 aromatic rings. The van der Waals surface area contributed by atoms with Crippen LogP contribution >= 0.6 is 0 Å². The molecule has 2 heteroatoms. The van der Waals surface area contributed by atoms with Gasteiger partial charge in [-0.2, -0.15) is 0 Å². The smallest absolute Gasteiger partial charge is 0.0666 e. The van der Waals surface area contributed by atoms with Crippen LogP contribution in [0.3, 0.4) is 0 Å². The zero-order valence-electron chi connectivity index (χ0n) is 9.11. The van der Waals surface area contributed by atoms with Gasteiger partial charge in [-0.15, -0.1) is 0 Å². The van der Waals surface area contributed by atoms with Gasteiger partial charge in [-0.1, -0.05) is 13.8 Å². The molecular formula is C11H22N2. The van der Waals surface area contributed by atoms with E-state index in [2.05, 4.69) is 26.1 Å². The van der Waals surface area contributed by atoms with Crippen molar-refractivity contribution in [3.8, 4) is 0 Å². The second-order valence-corrected chi connectivity index (χ2v) is 5.85. The van der Waals surface area contributed by atoms with Gasteiger partial charge in [-0.05, 0) is 44.4 Å². The second-order valence-electron chi connectivity index (χ2n) is 5.85. The maximum Gasteiger partial charge on any atom is 0.0666 e. The van der Waals surface area contributed by atoms with E-state index in [0.29, 0.717) is 5.41 Å². The first kappa shape index (κ1) is 9.47. The Morgan fingerprint density at radius 2 is 1.69 bits per heavy atom. The van der Waals surface area contributed by atoms with Gasteiger partial charge in [0.1, 0.15) is 0 Å². The van der Waals surface area contributed by atoms with Gasteiger partial charge in [0.2, 0.25) is 0 Å². The van der Waals surface area contributed by atoms with Gasteiger partial charge in [0.15, 0.2) is 0 Å². The zero-order valence-corrected chi connectivity index (χ0v) is 9.11. The first-order valence-electron chi connectivity index (χ1n) is 5.45. The summed E-state index contributed by atoms with van der Waals surface area (Å²) in [6, 6.07) is 0. The van der Waals surface area contributed by atoms with Crippen molar-refractivity contribution in [2.45, 2.75) is 64.1 Å². The van der Waals surface area contributed by atoms with E-state index in [0.717, 1.165) is 12.8 Å². The molecule has 2 aliphatic rings. The molecule has 0 spiro atoms. The van der Waals surface area contributed by atoms with E-state index >= 15 is 0 Å². The molecule has 2 saturated heterocycles. The molecule has 0 aromatic carbocycles. The van der Waals surface area contributed by atoms with Crippen LogP contribution in [0.5, 0.6) is 0 Å². The average Bonchev–Trinajstić information content (AvgIpc) is 1.99. The number of piperidine rings is 2. The number of hydrogen-bond donors (Lipinski definition) is 2. The summed E-state index contributed by atoms with van der Waals surface area (Å²) < 4.78 is 0. The molecule has 0 amide bonds. The summed E-state index contributed by atoms with van der Waals surface area (Å²) in [5.41, 5.74) is 6.90. The van der Waals surface area contributed by atoms with Gasteiger partial charge >= 0.3 is 0 Å². The normalized spacial score (nSPS) is 48.9. The topological polar surface area (TPSA) is 38.0 Å². The van der Waals surface area contributed by atoms with Crippen LogP contribution in [-0.4, -0.2) is 11.2 Å². The Labute approximate surface area is 81.3 Å². The molecule has 3 N–H and O–H groups in total. The van der Waals surface area contributed by atoms with Gasteiger partial charge < -0.3 is 5.73 Å². The Morgan fingerprint density at radius 1 is 1.00 bits per heavy atom. The van der Waals surface area contributed by atoms with Crippen molar-refractivity contribution in [3.05, 3.63) is 0 Å². The SMILES string of the molecule is CC1(C)CCC2(N)CCCC1(C)N2. The molecule has 13 heavy (non-hydrogen) atoms. The number of rotatable bonds is 0. The van der Waals surface area contributed by atoms with Gasteiger partial charge in [-0.3, -0.25) is 5.32 Å². The van der Waals surface area contributed by atoms with Gasteiger partial charge in [0, 0.05) is 5.54 Å². The largest absolute Gasteiger partial charge is 0.313 e. The zero-order chi connectivity index (χ0) is 9.74. The van der Waals surface area contributed by atoms with E-state index in [4.69, 9.17) is 5.73 Å². The first-order chi connectivity index (χ1) is 5.87. The quantitative estimate of drug-likeness (QED) is 0.601. The van der Waals surface area contributed by atoms with Gasteiger partial charge in [0.25, 0.3) is 0 Å². The Balaban J connectivity index is 2.28. The van der Waals surface area contributed by atoms with Crippen LogP contribution in [0.25, 0.3) is 0 Å². The highest BCUT2D eigenvalue weighted by Gasteiger charge is 2.51. The van der Waals surface area contributed by atoms with Crippen molar-refractivity contribution in [3.63, 3.8) is 0 Å². The fourth-order valence-corrected chi connectivity index (χ4v) is 2.94. The third kappa shape index (κ3) is 1.31. The van der Waals surface area contributed by atoms with Crippen LogP contribution in [0.2, 0.25) is 0 Å². The van der Waals surface area contributed by atoms with E-state index < -0.39 is 0 Å². The van der Waals surface area contributed by atoms with E-state index in [1.165, 1.54) is 19.3 Å². The summed E-state index contributed by atoms with van der Waals surface area (Å²) in [5.74, 6) is 0. The Kier molecular flexibility index (Phi) is 1.81. The van der Waals surface area contributed by atoms with Crippen molar-refractivity contribution in [2.24, 2.45) is 11.1 Å². The monoisotopic (exact) mass is 182 g/mol. The Bertz CT molecular complexity index is 224. The summed E-state index contributed by atoms with van der Waals surface area (Å²) in [6.07, 6.45) is 6.10. The molecule has 2 rings (SSSR count). The molecule has 0 aliphatic carbocycles. The fraction of sp³-hybridized carbons (Fsp3) is 1.00. The maximum atomic E-state index is 6.30. The van der Waals surface area contributed by atoms with Crippen molar-refractivity contribution >= 4 is 0 Å². The Morgan fingerprint density at radius 3 is 2.31 bits per heavy atom. The molecule has 2 aliphatic heterocycles. The minimum atomic E-state index is -0.0531. The molecular weight excluding hydrogens is 160 g/mol. The fourth-order valence-electron chi connectivity index (χ4n) is 2.94. The van der Waals surface area contributed by atoms with E-state index in [1.54, 1.807) is 0 Å². The lowest BCUT2D eigenvalue weighted by molar-refractivity contribution is -0.0179. The third-order valence-corrected chi connectivity index (χ3v) is 4.51. The lowest BCUT2D eigenvalue weighted by Gasteiger charge is -2.58. The van der Waals surface area contributed by atoms with Crippen molar-refractivity contribution < 1.29 is 0 Å². The molecule has 2 unspecified atom stereocenters. The van der Waals surface area contributed by atoms with E-state index in [1.807, 2.05) is 0 Å². The summed E-state index contributed by atoms with van der Waals surface area (Å²) in [7, 11) is 0. The summed E-state index contributed by atoms with van der Waals surface area (Å²) in [4.78, 5) is 0. The minimum absolute atomic E-state index is 0.0531. The number of fused-ring (bicyclic) bond motifs is 2. The number of hydrogen-bond acceptors (Lipinski definition) is 2. The molecule has 76 valence electrons. The van der Waals surface area contributed by atoms with Gasteiger partial charge in [-0.25, -0.2) is 0 Å². The Hall–Kier alpha value is -0.0800. The number of nitrogens with one attached hydrogen (secondary N) is 1. The minimum Gasteiger partial charge on any atom is -0.313 e. The maximum absolute atomic E-state index is 6.30. The first-order valence-corrected chi connectivity index (χ1v) is 5.45. The molecule has 0 saturated carbocycles. The standard InChI is InChI=1S/C11H22N2/c1-9(2)7-8-11(12)6-4-5-10(9,3)13-11/h13H,4-8,12H2,1-3H3. The lowest BCUT2D eigenvalue weighted by Crippen LogP contribution is -2.72. The van der Waals surface area contributed by atoms with Crippen LogP contribution in [0, 0.1) is 5.41 Å². The molecule has 2 bridgehead atoms. The number of nitrogens with two attached hydrogens (primary N) is 1. The van der Waals surface area contributed by atoms with E-state index in [9.17, 15) is 0 Å². The summed E-state index contributed by atoms with van der Waals surface area (Å²) in [6.45, 7) is 7.07. The highest BCUT2D eigenvalue weighted by Crippen LogP contribution is 2.48. The van der Waals surface area contributed by atoms with Crippen LogP contribution < -0.4 is 11.1 Å². The van der Waals surface area contributed by atoms with Gasteiger partial charge in [0.05, 0.1) is 5.66 Å². The second kappa shape index (κ2) is 2.48. The van der Waals surface area contributed by atoms with Crippen molar-refractivity contribution in [1.29, 1.82) is 0 Å². The summed E-state index contributed by atoms with van der Waals surface area (Å²) in [5, 5.41) is 3.67. The molecule has 0 radical (unpaired) electrons.